The van der Waals surface area contributed by atoms with Gasteiger partial charge in [-0.1, -0.05) is 20.8 Å². The second-order valence-corrected chi connectivity index (χ2v) is 6.12. The molecule has 1 aliphatic rings. The lowest BCUT2D eigenvalue weighted by Crippen LogP contribution is -2.24. The Morgan fingerprint density at radius 2 is 2.00 bits per heavy atom. The first-order valence-corrected chi connectivity index (χ1v) is 6.79. The van der Waals surface area contributed by atoms with Gasteiger partial charge >= 0.3 is 0 Å². The van der Waals surface area contributed by atoms with Gasteiger partial charge in [-0.2, -0.15) is 5.10 Å². The third-order valence-electron chi connectivity index (χ3n) is 3.61. The minimum atomic E-state index is 0.0782. The highest BCUT2D eigenvalue weighted by atomic mass is 15.4. The molecule has 1 atom stereocenters. The van der Waals surface area contributed by atoms with Gasteiger partial charge in [0.1, 0.15) is 5.82 Å². The van der Waals surface area contributed by atoms with Gasteiger partial charge in [-0.15, -0.1) is 0 Å². The maximum atomic E-state index is 4.81. The lowest BCUT2D eigenvalue weighted by Gasteiger charge is -2.25. The van der Waals surface area contributed by atoms with Crippen LogP contribution < -0.4 is 5.32 Å². The largest absolute Gasteiger partial charge is 0.370 e. The van der Waals surface area contributed by atoms with Gasteiger partial charge in [-0.3, -0.25) is 4.98 Å². The predicted molar refractivity (Wildman–Crippen MR) is 76.4 cm³/mol. The molecule has 3 heterocycles. The standard InChI is InChI=1S/C15H20N4/c1-15(2,3)13-10-14-17-9-6-12(19(14)18-13)11-4-7-16-8-5-11/h4-5,7-8,10,12,17H,6,9H2,1-3H3. The molecule has 2 aromatic heterocycles. The summed E-state index contributed by atoms with van der Waals surface area (Å²) in [7, 11) is 0. The first kappa shape index (κ1) is 12.2. The molecule has 0 aromatic carbocycles. The number of fused-ring (bicyclic) bond motifs is 1. The average Bonchev–Trinajstić information content (AvgIpc) is 2.83. The van der Waals surface area contributed by atoms with Crippen LogP contribution in [0.4, 0.5) is 5.82 Å². The van der Waals surface area contributed by atoms with Crippen LogP contribution >= 0.6 is 0 Å². The fraction of sp³-hybridized carbons (Fsp3) is 0.467. The molecule has 100 valence electrons. The molecule has 1 N–H and O–H groups in total. The highest BCUT2D eigenvalue weighted by Gasteiger charge is 2.26. The van der Waals surface area contributed by atoms with Gasteiger partial charge in [0.15, 0.2) is 0 Å². The van der Waals surface area contributed by atoms with Gasteiger partial charge in [-0.05, 0) is 24.1 Å². The summed E-state index contributed by atoms with van der Waals surface area (Å²) >= 11 is 0. The Bertz CT molecular complexity index is 566. The Balaban J connectivity index is 2.03. The second kappa shape index (κ2) is 4.37. The summed E-state index contributed by atoms with van der Waals surface area (Å²) in [6.45, 7) is 7.58. The molecule has 0 bridgehead atoms. The van der Waals surface area contributed by atoms with Crippen LogP contribution in [0.1, 0.15) is 44.5 Å². The first-order chi connectivity index (χ1) is 9.05. The molecule has 0 fully saturated rings. The summed E-state index contributed by atoms with van der Waals surface area (Å²) in [6.07, 6.45) is 4.76. The normalized spacial score (nSPS) is 18.8. The van der Waals surface area contributed by atoms with Crippen molar-refractivity contribution in [3.8, 4) is 0 Å². The highest BCUT2D eigenvalue weighted by molar-refractivity contribution is 5.42. The summed E-state index contributed by atoms with van der Waals surface area (Å²) in [6, 6.07) is 6.65. The van der Waals surface area contributed by atoms with E-state index in [9.17, 15) is 0 Å². The van der Waals surface area contributed by atoms with Gasteiger partial charge in [0.05, 0.1) is 11.7 Å². The molecule has 0 saturated carbocycles. The van der Waals surface area contributed by atoms with Crippen molar-refractivity contribution in [2.45, 2.75) is 38.6 Å². The van der Waals surface area contributed by atoms with Crippen molar-refractivity contribution in [3.63, 3.8) is 0 Å². The molecular weight excluding hydrogens is 236 g/mol. The predicted octanol–water partition coefficient (Wildman–Crippen LogP) is 2.98. The topological polar surface area (TPSA) is 42.7 Å². The SMILES string of the molecule is CC(C)(C)c1cc2n(n1)C(c1ccncc1)CCN2. The molecule has 3 rings (SSSR count). The lowest BCUT2D eigenvalue weighted by molar-refractivity contribution is 0.462. The van der Waals surface area contributed by atoms with Crippen LogP contribution in [0.25, 0.3) is 0 Å². The summed E-state index contributed by atoms with van der Waals surface area (Å²) in [4.78, 5) is 4.10. The molecule has 0 aliphatic carbocycles. The Morgan fingerprint density at radius 1 is 1.26 bits per heavy atom. The van der Waals surface area contributed by atoms with E-state index in [0.29, 0.717) is 6.04 Å². The number of rotatable bonds is 1. The summed E-state index contributed by atoms with van der Waals surface area (Å²) in [5.74, 6) is 1.12. The van der Waals surface area contributed by atoms with Crippen molar-refractivity contribution in [2.24, 2.45) is 0 Å². The number of hydrogen-bond acceptors (Lipinski definition) is 3. The summed E-state index contributed by atoms with van der Waals surface area (Å²) < 4.78 is 2.12. The van der Waals surface area contributed by atoms with Crippen molar-refractivity contribution >= 4 is 5.82 Å². The van der Waals surface area contributed by atoms with E-state index in [1.165, 1.54) is 5.56 Å². The van der Waals surface area contributed by atoms with Crippen molar-refractivity contribution in [2.75, 3.05) is 11.9 Å². The van der Waals surface area contributed by atoms with Crippen LogP contribution in [0, 0.1) is 0 Å². The molecule has 0 spiro atoms. The third-order valence-corrected chi connectivity index (χ3v) is 3.61. The number of hydrogen-bond donors (Lipinski definition) is 1. The molecule has 0 saturated heterocycles. The molecule has 1 aliphatic heterocycles. The van der Waals surface area contributed by atoms with Gasteiger partial charge in [0.2, 0.25) is 0 Å². The van der Waals surface area contributed by atoms with Gasteiger partial charge < -0.3 is 5.32 Å². The zero-order chi connectivity index (χ0) is 13.5. The quantitative estimate of drug-likeness (QED) is 0.853. The van der Waals surface area contributed by atoms with Crippen molar-refractivity contribution < 1.29 is 0 Å². The lowest BCUT2D eigenvalue weighted by atomic mass is 9.92. The van der Waals surface area contributed by atoms with E-state index >= 15 is 0 Å². The Hall–Kier alpha value is -1.84. The molecular formula is C15H20N4. The smallest absolute Gasteiger partial charge is 0.125 e. The van der Waals surface area contributed by atoms with E-state index in [2.05, 4.69) is 54.0 Å². The zero-order valence-electron chi connectivity index (χ0n) is 11.7. The second-order valence-electron chi connectivity index (χ2n) is 6.12. The number of aromatic nitrogens is 3. The average molecular weight is 256 g/mol. The van der Waals surface area contributed by atoms with E-state index in [4.69, 9.17) is 5.10 Å². The minimum absolute atomic E-state index is 0.0782. The molecule has 19 heavy (non-hydrogen) atoms. The van der Waals surface area contributed by atoms with E-state index in [0.717, 1.165) is 24.5 Å². The molecule has 0 amide bonds. The summed E-state index contributed by atoms with van der Waals surface area (Å²) in [5, 5.41) is 8.25. The maximum absolute atomic E-state index is 4.81. The third kappa shape index (κ3) is 2.23. The Kier molecular flexibility index (Phi) is 2.81. The van der Waals surface area contributed by atoms with E-state index in [1.807, 2.05) is 12.4 Å². The first-order valence-electron chi connectivity index (χ1n) is 6.79. The zero-order valence-corrected chi connectivity index (χ0v) is 11.7. The van der Waals surface area contributed by atoms with Crippen molar-refractivity contribution in [1.82, 2.24) is 14.8 Å². The number of anilines is 1. The molecule has 1 unspecified atom stereocenters. The number of nitrogens with zero attached hydrogens (tertiary/aromatic N) is 3. The van der Waals surface area contributed by atoms with E-state index in [1.54, 1.807) is 0 Å². The highest BCUT2D eigenvalue weighted by Crippen LogP contribution is 2.32. The Labute approximate surface area is 113 Å². The fourth-order valence-electron chi connectivity index (χ4n) is 2.48. The maximum Gasteiger partial charge on any atom is 0.125 e. The van der Waals surface area contributed by atoms with Crippen LogP contribution in [-0.4, -0.2) is 21.3 Å². The van der Waals surface area contributed by atoms with Crippen LogP contribution in [0.15, 0.2) is 30.6 Å². The number of pyridine rings is 1. The molecule has 0 radical (unpaired) electrons. The monoisotopic (exact) mass is 256 g/mol. The molecule has 4 nitrogen and oxygen atoms in total. The number of nitrogens with one attached hydrogen (secondary N) is 1. The molecule has 4 heteroatoms. The fourth-order valence-corrected chi connectivity index (χ4v) is 2.48. The van der Waals surface area contributed by atoms with E-state index < -0.39 is 0 Å². The van der Waals surface area contributed by atoms with Crippen LogP contribution in [-0.2, 0) is 5.41 Å². The van der Waals surface area contributed by atoms with Crippen molar-refractivity contribution in [3.05, 3.63) is 41.9 Å². The van der Waals surface area contributed by atoms with E-state index in [-0.39, 0.29) is 5.41 Å². The van der Waals surface area contributed by atoms with Gasteiger partial charge in [-0.25, -0.2) is 4.68 Å². The van der Waals surface area contributed by atoms with Crippen LogP contribution in [0.5, 0.6) is 0 Å². The van der Waals surface area contributed by atoms with Crippen LogP contribution in [0.3, 0.4) is 0 Å². The van der Waals surface area contributed by atoms with Crippen LogP contribution in [0.2, 0.25) is 0 Å². The van der Waals surface area contributed by atoms with Gasteiger partial charge in [0, 0.05) is 30.4 Å². The minimum Gasteiger partial charge on any atom is -0.370 e. The Morgan fingerprint density at radius 3 is 2.68 bits per heavy atom. The summed E-state index contributed by atoms with van der Waals surface area (Å²) in [5.41, 5.74) is 2.49. The van der Waals surface area contributed by atoms with Gasteiger partial charge in [0.25, 0.3) is 0 Å². The van der Waals surface area contributed by atoms with Crippen molar-refractivity contribution in [1.29, 1.82) is 0 Å². The molecule has 2 aromatic rings.